The summed E-state index contributed by atoms with van der Waals surface area (Å²) in [6.45, 7) is 0. The first-order chi connectivity index (χ1) is 8.60. The third-order valence-corrected chi connectivity index (χ3v) is 4.30. The molecule has 2 aromatic rings. The number of thiophene rings is 1. The SMILES string of the molecule is COc1cc(C(O)Cc2cc(Br)cs2)ccc1F. The Balaban J connectivity index is 2.15. The monoisotopic (exact) mass is 330 g/mol. The summed E-state index contributed by atoms with van der Waals surface area (Å²) in [7, 11) is 1.41. The van der Waals surface area contributed by atoms with Gasteiger partial charge in [-0.15, -0.1) is 11.3 Å². The van der Waals surface area contributed by atoms with Crippen molar-refractivity contribution in [3.63, 3.8) is 0 Å². The molecule has 0 saturated carbocycles. The molecular weight excluding hydrogens is 319 g/mol. The van der Waals surface area contributed by atoms with Crippen molar-refractivity contribution in [1.29, 1.82) is 0 Å². The molecule has 96 valence electrons. The Morgan fingerprint density at radius 2 is 2.22 bits per heavy atom. The van der Waals surface area contributed by atoms with Gasteiger partial charge in [-0.2, -0.15) is 0 Å². The molecule has 1 unspecified atom stereocenters. The molecule has 0 saturated heterocycles. The van der Waals surface area contributed by atoms with Crippen LogP contribution in [0.2, 0.25) is 0 Å². The Morgan fingerprint density at radius 3 is 2.83 bits per heavy atom. The Labute approximate surface area is 117 Å². The molecule has 0 radical (unpaired) electrons. The van der Waals surface area contributed by atoms with Gasteiger partial charge in [-0.05, 0) is 39.7 Å². The van der Waals surface area contributed by atoms with Crippen molar-refractivity contribution in [2.75, 3.05) is 7.11 Å². The molecule has 0 aliphatic heterocycles. The lowest BCUT2D eigenvalue weighted by atomic mass is 10.1. The van der Waals surface area contributed by atoms with E-state index < -0.39 is 11.9 Å². The molecule has 0 amide bonds. The molecular formula is C13H12BrFO2S. The van der Waals surface area contributed by atoms with E-state index >= 15 is 0 Å². The molecule has 0 bridgehead atoms. The number of ether oxygens (including phenoxy) is 1. The Bertz CT molecular complexity index is 542. The van der Waals surface area contributed by atoms with Crippen molar-refractivity contribution in [2.45, 2.75) is 12.5 Å². The number of rotatable bonds is 4. The first-order valence-electron chi connectivity index (χ1n) is 5.34. The molecule has 18 heavy (non-hydrogen) atoms. The number of benzene rings is 1. The molecule has 1 aromatic heterocycles. The Morgan fingerprint density at radius 1 is 1.44 bits per heavy atom. The quantitative estimate of drug-likeness (QED) is 0.920. The van der Waals surface area contributed by atoms with Crippen LogP contribution >= 0.6 is 27.3 Å². The summed E-state index contributed by atoms with van der Waals surface area (Å²) in [5.74, 6) is -0.272. The minimum Gasteiger partial charge on any atom is -0.494 e. The van der Waals surface area contributed by atoms with E-state index in [1.807, 2.05) is 11.4 Å². The van der Waals surface area contributed by atoms with Crippen LogP contribution in [0.4, 0.5) is 4.39 Å². The minimum atomic E-state index is -0.662. The maximum absolute atomic E-state index is 13.3. The second-order valence-electron chi connectivity index (χ2n) is 3.85. The number of methoxy groups -OCH3 is 1. The maximum atomic E-state index is 13.3. The van der Waals surface area contributed by atoms with Crippen LogP contribution in [0.5, 0.6) is 5.75 Å². The van der Waals surface area contributed by atoms with Crippen molar-refractivity contribution >= 4 is 27.3 Å². The minimum absolute atomic E-state index is 0.152. The van der Waals surface area contributed by atoms with Crippen molar-refractivity contribution in [3.05, 3.63) is 50.4 Å². The molecule has 1 aromatic carbocycles. The second kappa shape index (κ2) is 5.82. The molecule has 0 aliphatic rings. The van der Waals surface area contributed by atoms with Gasteiger partial charge in [0, 0.05) is 21.2 Å². The zero-order valence-corrected chi connectivity index (χ0v) is 12.1. The van der Waals surface area contributed by atoms with E-state index in [-0.39, 0.29) is 5.75 Å². The van der Waals surface area contributed by atoms with Gasteiger partial charge in [0.2, 0.25) is 0 Å². The highest BCUT2D eigenvalue weighted by molar-refractivity contribution is 9.10. The number of aliphatic hydroxyl groups is 1. The fraction of sp³-hybridized carbons (Fsp3) is 0.231. The van der Waals surface area contributed by atoms with E-state index in [4.69, 9.17) is 4.74 Å². The summed E-state index contributed by atoms with van der Waals surface area (Å²) >= 11 is 4.94. The zero-order chi connectivity index (χ0) is 13.1. The van der Waals surface area contributed by atoms with Crippen molar-refractivity contribution in [1.82, 2.24) is 0 Å². The standard InChI is InChI=1S/C13H12BrFO2S/c1-17-13-4-8(2-3-11(13)15)12(16)6-10-5-9(14)7-18-10/h2-5,7,12,16H,6H2,1H3. The highest BCUT2D eigenvalue weighted by atomic mass is 79.9. The van der Waals surface area contributed by atoms with Crippen LogP contribution in [0.25, 0.3) is 0 Å². The smallest absolute Gasteiger partial charge is 0.165 e. The van der Waals surface area contributed by atoms with E-state index in [9.17, 15) is 9.50 Å². The predicted octanol–water partition coefficient (Wildman–Crippen LogP) is 3.93. The average molecular weight is 331 g/mol. The zero-order valence-electron chi connectivity index (χ0n) is 9.69. The number of aliphatic hydroxyl groups excluding tert-OH is 1. The normalized spacial score (nSPS) is 12.4. The third-order valence-electron chi connectivity index (χ3n) is 2.58. The van der Waals surface area contributed by atoms with Gasteiger partial charge >= 0.3 is 0 Å². The summed E-state index contributed by atoms with van der Waals surface area (Å²) < 4.78 is 19.2. The number of hydrogen-bond donors (Lipinski definition) is 1. The van der Waals surface area contributed by atoms with Crippen LogP contribution in [-0.4, -0.2) is 12.2 Å². The molecule has 1 heterocycles. The highest BCUT2D eigenvalue weighted by Crippen LogP contribution is 2.28. The topological polar surface area (TPSA) is 29.5 Å². The van der Waals surface area contributed by atoms with Crippen molar-refractivity contribution < 1.29 is 14.2 Å². The lowest BCUT2D eigenvalue weighted by molar-refractivity contribution is 0.179. The fourth-order valence-electron chi connectivity index (χ4n) is 1.65. The van der Waals surface area contributed by atoms with Crippen LogP contribution in [0.15, 0.2) is 34.1 Å². The maximum Gasteiger partial charge on any atom is 0.165 e. The Hall–Kier alpha value is -0.910. The van der Waals surface area contributed by atoms with E-state index in [1.165, 1.54) is 19.2 Å². The van der Waals surface area contributed by atoms with E-state index in [2.05, 4.69) is 15.9 Å². The van der Waals surface area contributed by atoms with Gasteiger partial charge in [-0.3, -0.25) is 0 Å². The lowest BCUT2D eigenvalue weighted by Gasteiger charge is -2.11. The van der Waals surface area contributed by atoms with Gasteiger partial charge in [-0.25, -0.2) is 4.39 Å². The molecule has 2 rings (SSSR count). The van der Waals surface area contributed by atoms with E-state index in [0.29, 0.717) is 12.0 Å². The van der Waals surface area contributed by atoms with E-state index in [0.717, 1.165) is 9.35 Å². The first-order valence-corrected chi connectivity index (χ1v) is 7.02. The summed E-state index contributed by atoms with van der Waals surface area (Å²) in [5.41, 5.74) is 0.651. The van der Waals surface area contributed by atoms with Gasteiger partial charge in [0.15, 0.2) is 11.6 Å². The number of hydrogen-bond acceptors (Lipinski definition) is 3. The van der Waals surface area contributed by atoms with Crippen molar-refractivity contribution in [3.8, 4) is 5.75 Å². The molecule has 2 nitrogen and oxygen atoms in total. The largest absolute Gasteiger partial charge is 0.494 e. The molecule has 0 fully saturated rings. The average Bonchev–Trinajstić information content (AvgIpc) is 2.75. The first kappa shape index (κ1) is 13.5. The summed E-state index contributed by atoms with van der Waals surface area (Å²) in [6, 6.07) is 6.38. The van der Waals surface area contributed by atoms with E-state index in [1.54, 1.807) is 17.4 Å². The summed E-state index contributed by atoms with van der Waals surface area (Å²) in [5, 5.41) is 12.1. The summed E-state index contributed by atoms with van der Waals surface area (Å²) in [4.78, 5) is 1.07. The fourth-order valence-corrected chi connectivity index (χ4v) is 3.14. The van der Waals surface area contributed by atoms with Crippen LogP contribution in [-0.2, 0) is 6.42 Å². The Kier molecular flexibility index (Phi) is 4.37. The summed E-state index contributed by atoms with van der Waals surface area (Å²) in [6.07, 6.45) is -0.157. The van der Waals surface area contributed by atoms with Crippen molar-refractivity contribution in [2.24, 2.45) is 0 Å². The predicted molar refractivity (Wildman–Crippen MR) is 73.6 cm³/mol. The van der Waals surface area contributed by atoms with Gasteiger partial charge in [0.05, 0.1) is 13.2 Å². The third kappa shape index (κ3) is 3.10. The molecule has 5 heteroatoms. The highest BCUT2D eigenvalue weighted by Gasteiger charge is 2.13. The van der Waals surface area contributed by atoms with Gasteiger partial charge in [-0.1, -0.05) is 6.07 Å². The van der Waals surface area contributed by atoms with Crippen LogP contribution in [0, 0.1) is 5.82 Å². The lowest BCUT2D eigenvalue weighted by Crippen LogP contribution is -2.01. The van der Waals surface area contributed by atoms with Gasteiger partial charge < -0.3 is 9.84 Å². The van der Waals surface area contributed by atoms with Crippen LogP contribution in [0.3, 0.4) is 0 Å². The van der Waals surface area contributed by atoms with Crippen LogP contribution < -0.4 is 4.74 Å². The second-order valence-corrected chi connectivity index (χ2v) is 5.76. The molecule has 1 atom stereocenters. The molecule has 1 N–H and O–H groups in total. The molecule has 0 aliphatic carbocycles. The number of halogens is 2. The van der Waals surface area contributed by atoms with Crippen LogP contribution in [0.1, 0.15) is 16.5 Å². The van der Waals surface area contributed by atoms with Gasteiger partial charge in [0.25, 0.3) is 0 Å². The molecule has 0 spiro atoms. The van der Waals surface area contributed by atoms with Gasteiger partial charge in [0.1, 0.15) is 0 Å².